The van der Waals surface area contributed by atoms with Crippen molar-refractivity contribution in [3.63, 3.8) is 0 Å². The van der Waals surface area contributed by atoms with Gasteiger partial charge in [-0.1, -0.05) is 41.0 Å². The molecule has 2 aromatic carbocycles. The van der Waals surface area contributed by atoms with Crippen LogP contribution in [0.15, 0.2) is 53.1 Å². The molecule has 0 atom stereocenters. The molecule has 6 nitrogen and oxygen atoms in total. The molecule has 0 radical (unpaired) electrons. The van der Waals surface area contributed by atoms with Crippen molar-refractivity contribution < 1.29 is 14.6 Å². The monoisotopic (exact) mass is 330 g/mol. The zero-order valence-electron chi connectivity index (χ0n) is 11.8. The van der Waals surface area contributed by atoms with Crippen LogP contribution in [0.4, 0.5) is 5.69 Å². The Hall–Kier alpha value is -2.70. The standard InChI is InChI=1S/C16H11ClN2O4/c17-11-5-3-4-10(8-11)15-13(9-20)16(23-18-15)12-6-1-2-7-14(12)19(21)22/h1-8,20H,9H2. The van der Waals surface area contributed by atoms with Crippen LogP contribution in [-0.4, -0.2) is 15.2 Å². The van der Waals surface area contributed by atoms with Gasteiger partial charge in [-0.3, -0.25) is 10.1 Å². The maximum Gasteiger partial charge on any atom is 0.280 e. The molecule has 0 amide bonds. The lowest BCUT2D eigenvalue weighted by molar-refractivity contribution is -0.384. The molecule has 0 spiro atoms. The molecule has 0 saturated carbocycles. The first-order valence-corrected chi connectivity index (χ1v) is 7.08. The number of rotatable bonds is 4. The Kier molecular flexibility index (Phi) is 4.10. The zero-order valence-corrected chi connectivity index (χ0v) is 12.5. The SMILES string of the molecule is O=[N+]([O-])c1ccccc1-c1onc(-c2cccc(Cl)c2)c1CO. The van der Waals surface area contributed by atoms with E-state index in [0.29, 0.717) is 21.8 Å². The molecule has 1 N–H and O–H groups in total. The molecule has 23 heavy (non-hydrogen) atoms. The molecular formula is C16H11ClN2O4. The van der Waals surface area contributed by atoms with Crippen molar-refractivity contribution in [2.45, 2.75) is 6.61 Å². The molecule has 1 aromatic heterocycles. The number of hydrogen-bond acceptors (Lipinski definition) is 5. The second kappa shape index (κ2) is 6.20. The van der Waals surface area contributed by atoms with Crippen LogP contribution in [0.5, 0.6) is 0 Å². The number of aliphatic hydroxyl groups is 1. The Morgan fingerprint density at radius 2 is 2.00 bits per heavy atom. The largest absolute Gasteiger partial charge is 0.391 e. The smallest absolute Gasteiger partial charge is 0.280 e. The Morgan fingerprint density at radius 1 is 1.22 bits per heavy atom. The fourth-order valence-corrected chi connectivity index (χ4v) is 2.55. The minimum Gasteiger partial charge on any atom is -0.391 e. The van der Waals surface area contributed by atoms with E-state index < -0.39 is 4.92 Å². The molecule has 0 aliphatic rings. The van der Waals surface area contributed by atoms with Crippen molar-refractivity contribution in [1.29, 1.82) is 0 Å². The summed E-state index contributed by atoms with van der Waals surface area (Å²) in [6.45, 7) is -0.368. The van der Waals surface area contributed by atoms with Crippen LogP contribution in [0.25, 0.3) is 22.6 Å². The predicted molar refractivity (Wildman–Crippen MR) is 85.0 cm³/mol. The van der Waals surface area contributed by atoms with Crippen LogP contribution in [0.2, 0.25) is 5.02 Å². The number of nitro benzene ring substituents is 1. The van der Waals surface area contributed by atoms with E-state index in [-0.39, 0.29) is 23.6 Å². The van der Waals surface area contributed by atoms with E-state index in [1.807, 2.05) is 0 Å². The van der Waals surface area contributed by atoms with Crippen molar-refractivity contribution in [3.8, 4) is 22.6 Å². The van der Waals surface area contributed by atoms with Crippen molar-refractivity contribution in [2.75, 3.05) is 0 Å². The first-order valence-electron chi connectivity index (χ1n) is 6.71. The van der Waals surface area contributed by atoms with Crippen LogP contribution >= 0.6 is 11.6 Å². The summed E-state index contributed by atoms with van der Waals surface area (Å²) in [6.07, 6.45) is 0. The summed E-state index contributed by atoms with van der Waals surface area (Å²) in [6, 6.07) is 13.1. The summed E-state index contributed by atoms with van der Waals surface area (Å²) in [5, 5.41) is 25.4. The van der Waals surface area contributed by atoms with Gasteiger partial charge in [0.2, 0.25) is 0 Å². The van der Waals surface area contributed by atoms with Crippen molar-refractivity contribution in [1.82, 2.24) is 5.16 Å². The van der Waals surface area contributed by atoms with Gasteiger partial charge in [0.25, 0.3) is 5.69 Å². The number of nitro groups is 1. The first kappa shape index (κ1) is 15.2. The number of para-hydroxylation sites is 1. The average molecular weight is 331 g/mol. The van der Waals surface area contributed by atoms with Gasteiger partial charge in [0, 0.05) is 16.7 Å². The highest BCUT2D eigenvalue weighted by molar-refractivity contribution is 6.30. The third-order valence-electron chi connectivity index (χ3n) is 3.39. The minimum atomic E-state index is -0.502. The molecule has 0 bridgehead atoms. The van der Waals surface area contributed by atoms with Crippen LogP contribution in [0.3, 0.4) is 0 Å². The van der Waals surface area contributed by atoms with E-state index in [9.17, 15) is 15.2 Å². The highest BCUT2D eigenvalue weighted by Gasteiger charge is 2.24. The van der Waals surface area contributed by atoms with E-state index in [0.717, 1.165) is 0 Å². The highest BCUT2D eigenvalue weighted by Crippen LogP contribution is 2.37. The first-order chi connectivity index (χ1) is 11.1. The summed E-state index contributed by atoms with van der Waals surface area (Å²) in [5.41, 5.74) is 1.60. The van der Waals surface area contributed by atoms with Crippen molar-refractivity contribution in [3.05, 3.63) is 69.2 Å². The van der Waals surface area contributed by atoms with Gasteiger partial charge >= 0.3 is 0 Å². The topological polar surface area (TPSA) is 89.4 Å². The van der Waals surface area contributed by atoms with Gasteiger partial charge < -0.3 is 9.63 Å². The summed E-state index contributed by atoms with van der Waals surface area (Å²) in [7, 11) is 0. The van der Waals surface area contributed by atoms with E-state index in [2.05, 4.69) is 5.16 Å². The van der Waals surface area contributed by atoms with Gasteiger partial charge in [0.05, 0.1) is 22.7 Å². The van der Waals surface area contributed by atoms with Gasteiger partial charge in [0.15, 0.2) is 5.76 Å². The average Bonchev–Trinajstić information content (AvgIpc) is 2.98. The molecule has 116 valence electrons. The number of hydrogen-bond donors (Lipinski definition) is 1. The summed E-state index contributed by atoms with van der Waals surface area (Å²) < 4.78 is 5.30. The fourth-order valence-electron chi connectivity index (χ4n) is 2.36. The highest BCUT2D eigenvalue weighted by atomic mass is 35.5. The summed E-state index contributed by atoms with van der Waals surface area (Å²) in [5.74, 6) is 0.176. The predicted octanol–water partition coefficient (Wildman–Crippen LogP) is 4.06. The van der Waals surface area contributed by atoms with E-state index in [1.165, 1.54) is 6.07 Å². The Bertz CT molecular complexity index is 876. The van der Waals surface area contributed by atoms with Crippen LogP contribution < -0.4 is 0 Å². The normalized spacial score (nSPS) is 10.7. The summed E-state index contributed by atoms with van der Waals surface area (Å²) in [4.78, 5) is 10.7. The lowest BCUT2D eigenvalue weighted by atomic mass is 10.0. The quantitative estimate of drug-likeness (QED) is 0.575. The molecule has 0 fully saturated rings. The molecule has 3 rings (SSSR count). The summed E-state index contributed by atoms with van der Waals surface area (Å²) >= 11 is 5.97. The maximum atomic E-state index is 11.2. The molecule has 7 heteroatoms. The zero-order chi connectivity index (χ0) is 16.4. The molecule has 1 heterocycles. The van der Waals surface area contributed by atoms with Crippen molar-refractivity contribution in [2.24, 2.45) is 0 Å². The third kappa shape index (κ3) is 2.81. The number of aliphatic hydroxyl groups excluding tert-OH is 1. The van der Waals surface area contributed by atoms with E-state index >= 15 is 0 Å². The lowest BCUT2D eigenvalue weighted by Gasteiger charge is -2.02. The Morgan fingerprint density at radius 3 is 2.70 bits per heavy atom. The Labute approximate surface area is 136 Å². The van der Waals surface area contributed by atoms with Crippen LogP contribution in [0.1, 0.15) is 5.56 Å². The van der Waals surface area contributed by atoms with E-state index in [4.69, 9.17) is 16.1 Å². The molecule has 0 aliphatic carbocycles. The second-order valence-electron chi connectivity index (χ2n) is 4.78. The lowest BCUT2D eigenvalue weighted by Crippen LogP contribution is -1.94. The third-order valence-corrected chi connectivity index (χ3v) is 3.62. The molecule has 3 aromatic rings. The number of benzene rings is 2. The van der Waals surface area contributed by atoms with Gasteiger partial charge in [0.1, 0.15) is 5.69 Å². The van der Waals surface area contributed by atoms with Crippen LogP contribution in [-0.2, 0) is 6.61 Å². The second-order valence-corrected chi connectivity index (χ2v) is 5.22. The van der Waals surface area contributed by atoms with Crippen LogP contribution in [0, 0.1) is 10.1 Å². The maximum absolute atomic E-state index is 11.2. The van der Waals surface area contributed by atoms with Gasteiger partial charge in [-0.15, -0.1) is 0 Å². The molecular weight excluding hydrogens is 320 g/mol. The molecule has 0 aliphatic heterocycles. The van der Waals surface area contributed by atoms with Gasteiger partial charge in [-0.25, -0.2) is 0 Å². The van der Waals surface area contributed by atoms with Gasteiger partial charge in [-0.2, -0.15) is 0 Å². The van der Waals surface area contributed by atoms with Gasteiger partial charge in [-0.05, 0) is 18.2 Å². The van der Waals surface area contributed by atoms with Crippen molar-refractivity contribution >= 4 is 17.3 Å². The van der Waals surface area contributed by atoms with E-state index in [1.54, 1.807) is 42.5 Å². The number of aromatic nitrogens is 1. The fraction of sp³-hybridized carbons (Fsp3) is 0.0625. The number of halogens is 1. The number of nitrogens with zero attached hydrogens (tertiary/aromatic N) is 2. The molecule has 0 saturated heterocycles. The molecule has 0 unspecified atom stereocenters. The Balaban J connectivity index is 2.18. The minimum absolute atomic E-state index is 0.115.